The highest BCUT2D eigenvalue weighted by molar-refractivity contribution is 6.35. The molecule has 22 heavy (non-hydrogen) atoms. The Morgan fingerprint density at radius 1 is 1.09 bits per heavy atom. The van der Waals surface area contributed by atoms with Gasteiger partial charge in [0.15, 0.2) is 0 Å². The predicted molar refractivity (Wildman–Crippen MR) is 92.0 cm³/mol. The van der Waals surface area contributed by atoms with Gasteiger partial charge in [0.25, 0.3) is 5.91 Å². The first-order valence-electron chi connectivity index (χ1n) is 6.90. The average molecular weight is 338 g/mol. The molecule has 0 aliphatic heterocycles. The van der Waals surface area contributed by atoms with Crippen LogP contribution in [0.3, 0.4) is 0 Å². The number of nitrogens with zero attached hydrogens (tertiary/aromatic N) is 1. The van der Waals surface area contributed by atoms with E-state index >= 15 is 0 Å². The average Bonchev–Trinajstić information content (AvgIpc) is 2.44. The van der Waals surface area contributed by atoms with Crippen LogP contribution in [0, 0.1) is 5.92 Å². The second kappa shape index (κ2) is 7.47. The lowest BCUT2D eigenvalue weighted by Gasteiger charge is -2.10. The summed E-state index contributed by atoms with van der Waals surface area (Å²) >= 11 is 11.8. The van der Waals surface area contributed by atoms with Gasteiger partial charge in [-0.25, -0.2) is 0 Å². The van der Waals surface area contributed by atoms with E-state index < -0.39 is 0 Å². The smallest absolute Gasteiger partial charge is 0.257 e. The molecule has 0 fully saturated rings. The van der Waals surface area contributed by atoms with Gasteiger partial charge in [0.1, 0.15) is 0 Å². The lowest BCUT2D eigenvalue weighted by Crippen LogP contribution is -2.13. The maximum atomic E-state index is 12.3. The maximum Gasteiger partial charge on any atom is 0.257 e. The number of carbonyl (C=O) groups is 1. The molecular weight excluding hydrogens is 321 g/mol. The Kier molecular flexibility index (Phi) is 5.63. The Balaban J connectivity index is 2.10. The number of hydrogen-bond donors (Lipinski definition) is 2. The minimum absolute atomic E-state index is 0.265. The number of hydrogen-bond acceptors (Lipinski definition) is 3. The lowest BCUT2D eigenvalue weighted by atomic mass is 10.2. The molecule has 1 amide bonds. The van der Waals surface area contributed by atoms with E-state index in [0.29, 0.717) is 27.2 Å². The van der Waals surface area contributed by atoms with Crippen molar-refractivity contribution in [2.75, 3.05) is 17.2 Å². The highest BCUT2D eigenvalue weighted by atomic mass is 35.5. The van der Waals surface area contributed by atoms with Crippen LogP contribution in [0.1, 0.15) is 24.2 Å². The first kappa shape index (κ1) is 16.6. The van der Waals surface area contributed by atoms with Gasteiger partial charge in [-0.1, -0.05) is 37.0 Å². The summed E-state index contributed by atoms with van der Waals surface area (Å²) in [7, 11) is 0. The summed E-state index contributed by atoms with van der Waals surface area (Å²) in [6.45, 7) is 5.04. The third kappa shape index (κ3) is 4.90. The van der Waals surface area contributed by atoms with Gasteiger partial charge in [-0.3, -0.25) is 9.78 Å². The monoisotopic (exact) mass is 337 g/mol. The molecule has 1 aromatic carbocycles. The molecule has 0 unspecified atom stereocenters. The molecule has 6 heteroatoms. The Bertz CT molecular complexity index is 654. The third-order valence-corrected chi connectivity index (χ3v) is 3.27. The largest absolute Gasteiger partial charge is 0.384 e. The van der Waals surface area contributed by atoms with E-state index in [0.717, 1.165) is 12.2 Å². The van der Waals surface area contributed by atoms with Gasteiger partial charge in [-0.15, -0.1) is 0 Å². The van der Waals surface area contributed by atoms with Crippen molar-refractivity contribution >= 4 is 40.5 Å². The molecule has 2 N–H and O–H groups in total. The van der Waals surface area contributed by atoms with E-state index in [2.05, 4.69) is 29.5 Å². The van der Waals surface area contributed by atoms with Gasteiger partial charge in [-0.2, -0.15) is 0 Å². The molecule has 1 heterocycles. The SMILES string of the molecule is CC(C)CNc1cncc(C(=O)Nc2cc(Cl)cc(Cl)c2)c1. The first-order chi connectivity index (χ1) is 10.4. The molecule has 0 atom stereocenters. The van der Waals surface area contributed by atoms with Crippen LogP contribution in [0.4, 0.5) is 11.4 Å². The molecule has 0 aliphatic rings. The highest BCUT2D eigenvalue weighted by Gasteiger charge is 2.09. The zero-order valence-electron chi connectivity index (χ0n) is 12.4. The fraction of sp³-hybridized carbons (Fsp3) is 0.250. The van der Waals surface area contributed by atoms with Crippen molar-refractivity contribution < 1.29 is 4.79 Å². The Labute approximate surface area is 139 Å². The third-order valence-electron chi connectivity index (χ3n) is 2.84. The molecule has 0 saturated heterocycles. The van der Waals surface area contributed by atoms with E-state index in [4.69, 9.17) is 23.2 Å². The summed E-state index contributed by atoms with van der Waals surface area (Å²) in [4.78, 5) is 16.3. The molecule has 2 aromatic rings. The number of benzene rings is 1. The number of nitrogens with one attached hydrogen (secondary N) is 2. The van der Waals surface area contributed by atoms with Crippen molar-refractivity contribution in [3.8, 4) is 0 Å². The van der Waals surface area contributed by atoms with Crippen LogP contribution >= 0.6 is 23.2 Å². The van der Waals surface area contributed by atoms with Gasteiger partial charge in [0.05, 0.1) is 11.3 Å². The van der Waals surface area contributed by atoms with Crippen molar-refractivity contribution in [1.29, 1.82) is 0 Å². The molecule has 0 spiro atoms. The lowest BCUT2D eigenvalue weighted by molar-refractivity contribution is 0.102. The molecule has 1 aromatic heterocycles. The predicted octanol–water partition coefficient (Wildman–Crippen LogP) is 4.71. The Morgan fingerprint density at radius 2 is 1.77 bits per heavy atom. The molecule has 0 aliphatic carbocycles. The highest BCUT2D eigenvalue weighted by Crippen LogP contribution is 2.23. The quantitative estimate of drug-likeness (QED) is 0.830. The maximum absolute atomic E-state index is 12.3. The summed E-state index contributed by atoms with van der Waals surface area (Å²) in [5, 5.41) is 6.93. The van der Waals surface area contributed by atoms with Gasteiger partial charge < -0.3 is 10.6 Å². The summed E-state index contributed by atoms with van der Waals surface area (Å²) in [6.07, 6.45) is 3.21. The second-order valence-electron chi connectivity index (χ2n) is 5.35. The summed E-state index contributed by atoms with van der Waals surface area (Å²) in [5.74, 6) is 0.241. The number of pyridine rings is 1. The molecule has 4 nitrogen and oxygen atoms in total. The minimum Gasteiger partial charge on any atom is -0.384 e. The number of anilines is 2. The number of rotatable bonds is 5. The zero-order valence-corrected chi connectivity index (χ0v) is 13.9. The fourth-order valence-electron chi connectivity index (χ4n) is 1.81. The molecule has 0 bridgehead atoms. The minimum atomic E-state index is -0.265. The standard InChI is InChI=1S/C16H17Cl2N3O/c1-10(2)7-20-15-3-11(8-19-9-15)16(22)21-14-5-12(17)4-13(18)6-14/h3-6,8-10,20H,7H2,1-2H3,(H,21,22). The van der Waals surface area contributed by atoms with Crippen LogP contribution in [0.2, 0.25) is 10.0 Å². The summed E-state index contributed by atoms with van der Waals surface area (Å²) < 4.78 is 0. The topological polar surface area (TPSA) is 54.0 Å². The van der Waals surface area contributed by atoms with Crippen LogP contribution < -0.4 is 10.6 Å². The van der Waals surface area contributed by atoms with Crippen LogP contribution in [0.15, 0.2) is 36.7 Å². The van der Waals surface area contributed by atoms with Crippen molar-refractivity contribution in [3.63, 3.8) is 0 Å². The molecule has 116 valence electrons. The number of aromatic nitrogens is 1. The fourth-order valence-corrected chi connectivity index (χ4v) is 2.34. The van der Waals surface area contributed by atoms with Crippen LogP contribution in [-0.4, -0.2) is 17.4 Å². The van der Waals surface area contributed by atoms with E-state index in [9.17, 15) is 4.79 Å². The van der Waals surface area contributed by atoms with Gasteiger partial charge in [0, 0.05) is 34.7 Å². The Hall–Kier alpha value is -1.78. The van der Waals surface area contributed by atoms with Gasteiger partial charge in [0.2, 0.25) is 0 Å². The van der Waals surface area contributed by atoms with Gasteiger partial charge >= 0.3 is 0 Å². The number of amides is 1. The Morgan fingerprint density at radius 3 is 2.41 bits per heavy atom. The molecule has 0 saturated carbocycles. The van der Waals surface area contributed by atoms with Crippen molar-refractivity contribution in [2.24, 2.45) is 5.92 Å². The molecular formula is C16H17Cl2N3O. The summed E-state index contributed by atoms with van der Waals surface area (Å²) in [6, 6.07) is 6.65. The number of carbonyl (C=O) groups excluding carboxylic acids is 1. The van der Waals surface area contributed by atoms with Crippen molar-refractivity contribution in [2.45, 2.75) is 13.8 Å². The molecule has 0 radical (unpaired) electrons. The normalized spacial score (nSPS) is 10.6. The van der Waals surface area contributed by atoms with Crippen LogP contribution in [0.5, 0.6) is 0 Å². The van der Waals surface area contributed by atoms with Gasteiger partial charge in [-0.05, 0) is 30.2 Å². The van der Waals surface area contributed by atoms with E-state index in [-0.39, 0.29) is 5.91 Å². The van der Waals surface area contributed by atoms with Crippen molar-refractivity contribution in [1.82, 2.24) is 4.98 Å². The first-order valence-corrected chi connectivity index (χ1v) is 7.66. The summed E-state index contributed by atoms with van der Waals surface area (Å²) in [5.41, 5.74) is 1.82. The van der Waals surface area contributed by atoms with E-state index in [1.54, 1.807) is 30.5 Å². The molecule has 2 rings (SSSR count). The zero-order chi connectivity index (χ0) is 16.1. The number of halogens is 2. The van der Waals surface area contributed by atoms with E-state index in [1.165, 1.54) is 6.20 Å². The van der Waals surface area contributed by atoms with Crippen molar-refractivity contribution in [3.05, 3.63) is 52.3 Å². The second-order valence-corrected chi connectivity index (χ2v) is 6.22. The van der Waals surface area contributed by atoms with Crippen LogP contribution in [-0.2, 0) is 0 Å². The van der Waals surface area contributed by atoms with E-state index in [1.807, 2.05) is 0 Å². The van der Waals surface area contributed by atoms with Crippen LogP contribution in [0.25, 0.3) is 0 Å².